The molecule has 0 radical (unpaired) electrons. The number of aromatic nitrogens is 1. The smallest absolute Gasteiger partial charge is 0.225 e. The highest BCUT2D eigenvalue weighted by atomic mass is 16.5. The van der Waals surface area contributed by atoms with Crippen molar-refractivity contribution in [1.82, 2.24) is 20.1 Å². The lowest BCUT2D eigenvalue weighted by atomic mass is 10.1. The Morgan fingerprint density at radius 1 is 1.42 bits per heavy atom. The van der Waals surface area contributed by atoms with Crippen molar-refractivity contribution in [3.8, 4) is 0 Å². The van der Waals surface area contributed by atoms with E-state index < -0.39 is 0 Å². The standard InChI is InChI=1S/C17H24N4O3/c1-24-6-5-19-17(23)14-7-16(22)21(10-14)15-11-20(12-15)9-13-3-2-4-18-8-13/h2-4,8,14-15H,5-7,9-12H2,1H3,(H,19,23). The number of carbonyl (C=O) groups is 2. The summed E-state index contributed by atoms with van der Waals surface area (Å²) < 4.78 is 4.92. The Labute approximate surface area is 142 Å². The minimum atomic E-state index is -0.235. The molecule has 1 N–H and O–H groups in total. The fourth-order valence-electron chi connectivity index (χ4n) is 3.30. The highest BCUT2D eigenvalue weighted by molar-refractivity contribution is 5.89. The van der Waals surface area contributed by atoms with Crippen LogP contribution in [0.1, 0.15) is 12.0 Å². The van der Waals surface area contributed by atoms with E-state index in [-0.39, 0.29) is 23.8 Å². The van der Waals surface area contributed by atoms with Crippen molar-refractivity contribution in [3.63, 3.8) is 0 Å². The molecule has 24 heavy (non-hydrogen) atoms. The van der Waals surface area contributed by atoms with Gasteiger partial charge in [-0.1, -0.05) is 6.07 Å². The number of hydrogen-bond donors (Lipinski definition) is 1. The van der Waals surface area contributed by atoms with Crippen LogP contribution in [0, 0.1) is 5.92 Å². The third-order valence-electron chi connectivity index (χ3n) is 4.64. The molecule has 0 aliphatic carbocycles. The largest absolute Gasteiger partial charge is 0.383 e. The summed E-state index contributed by atoms with van der Waals surface area (Å²) in [5.41, 5.74) is 1.18. The molecule has 1 atom stereocenters. The minimum absolute atomic E-state index is 0.0468. The molecule has 2 saturated heterocycles. The zero-order valence-corrected chi connectivity index (χ0v) is 14.0. The van der Waals surface area contributed by atoms with Crippen LogP contribution in [0.4, 0.5) is 0 Å². The van der Waals surface area contributed by atoms with Gasteiger partial charge in [-0.25, -0.2) is 0 Å². The van der Waals surface area contributed by atoms with Crippen LogP contribution in [0.15, 0.2) is 24.5 Å². The molecule has 7 nitrogen and oxygen atoms in total. The van der Waals surface area contributed by atoms with E-state index in [9.17, 15) is 9.59 Å². The van der Waals surface area contributed by atoms with Gasteiger partial charge in [-0.15, -0.1) is 0 Å². The summed E-state index contributed by atoms with van der Waals surface area (Å²) in [4.78, 5) is 32.6. The van der Waals surface area contributed by atoms with Crippen LogP contribution < -0.4 is 5.32 Å². The van der Waals surface area contributed by atoms with E-state index >= 15 is 0 Å². The van der Waals surface area contributed by atoms with Crippen molar-refractivity contribution in [2.24, 2.45) is 5.92 Å². The summed E-state index contributed by atoms with van der Waals surface area (Å²) in [6.07, 6.45) is 3.95. The van der Waals surface area contributed by atoms with Gasteiger partial charge in [0.2, 0.25) is 11.8 Å². The average Bonchev–Trinajstić information content (AvgIpc) is 2.93. The number of methoxy groups -OCH3 is 1. The van der Waals surface area contributed by atoms with Crippen LogP contribution in [0.3, 0.4) is 0 Å². The molecule has 0 saturated carbocycles. The van der Waals surface area contributed by atoms with Crippen molar-refractivity contribution in [1.29, 1.82) is 0 Å². The normalized spacial score (nSPS) is 21.8. The van der Waals surface area contributed by atoms with E-state index in [2.05, 4.69) is 21.3 Å². The predicted molar refractivity (Wildman–Crippen MR) is 88.0 cm³/mol. The molecule has 130 valence electrons. The van der Waals surface area contributed by atoms with Gasteiger partial charge >= 0.3 is 0 Å². The third kappa shape index (κ3) is 3.91. The number of carbonyl (C=O) groups excluding carboxylic acids is 2. The first-order valence-corrected chi connectivity index (χ1v) is 8.34. The Morgan fingerprint density at radius 2 is 2.25 bits per heavy atom. The van der Waals surface area contributed by atoms with Crippen molar-refractivity contribution in [2.75, 3.05) is 39.9 Å². The number of ether oxygens (including phenoxy) is 1. The number of nitrogens with zero attached hydrogens (tertiary/aromatic N) is 3. The second-order valence-electron chi connectivity index (χ2n) is 6.44. The number of hydrogen-bond acceptors (Lipinski definition) is 5. The maximum absolute atomic E-state index is 12.2. The van der Waals surface area contributed by atoms with E-state index in [1.54, 1.807) is 13.3 Å². The monoisotopic (exact) mass is 332 g/mol. The van der Waals surface area contributed by atoms with E-state index in [1.165, 1.54) is 5.56 Å². The van der Waals surface area contributed by atoms with Gasteiger partial charge in [0.1, 0.15) is 0 Å². The van der Waals surface area contributed by atoms with Crippen molar-refractivity contribution < 1.29 is 14.3 Å². The Bertz CT molecular complexity index is 574. The van der Waals surface area contributed by atoms with Crippen molar-refractivity contribution >= 4 is 11.8 Å². The lowest BCUT2D eigenvalue weighted by Crippen LogP contribution is -2.59. The van der Waals surface area contributed by atoms with Crippen molar-refractivity contribution in [3.05, 3.63) is 30.1 Å². The molecule has 0 bridgehead atoms. The van der Waals surface area contributed by atoms with E-state index in [4.69, 9.17) is 4.74 Å². The van der Waals surface area contributed by atoms with Gasteiger partial charge in [-0.2, -0.15) is 0 Å². The van der Waals surface area contributed by atoms with Gasteiger partial charge in [0.15, 0.2) is 0 Å². The maximum atomic E-state index is 12.2. The zero-order chi connectivity index (χ0) is 16.9. The van der Waals surface area contributed by atoms with Crippen LogP contribution in [0.25, 0.3) is 0 Å². The van der Waals surface area contributed by atoms with Crippen LogP contribution >= 0.6 is 0 Å². The van der Waals surface area contributed by atoms with E-state index in [0.717, 1.165) is 19.6 Å². The predicted octanol–water partition coefficient (Wildman–Crippen LogP) is -0.123. The third-order valence-corrected chi connectivity index (χ3v) is 4.64. The maximum Gasteiger partial charge on any atom is 0.225 e. The summed E-state index contributed by atoms with van der Waals surface area (Å²) in [7, 11) is 1.60. The van der Waals surface area contributed by atoms with Gasteiger partial charge in [-0.05, 0) is 11.6 Å². The number of nitrogens with one attached hydrogen (secondary N) is 1. The first-order chi connectivity index (χ1) is 11.7. The second kappa shape index (κ2) is 7.72. The number of pyridine rings is 1. The average molecular weight is 332 g/mol. The van der Waals surface area contributed by atoms with Crippen LogP contribution in [-0.4, -0.2) is 72.5 Å². The molecule has 1 aromatic heterocycles. The number of likely N-dealkylation sites (tertiary alicyclic amines) is 2. The van der Waals surface area contributed by atoms with Gasteiger partial charge in [0.05, 0.1) is 18.6 Å². The van der Waals surface area contributed by atoms with Crippen LogP contribution in [-0.2, 0) is 20.9 Å². The van der Waals surface area contributed by atoms with Crippen molar-refractivity contribution in [2.45, 2.75) is 19.0 Å². The first-order valence-electron chi connectivity index (χ1n) is 8.34. The lowest BCUT2D eigenvalue weighted by molar-refractivity contribution is -0.133. The molecule has 3 heterocycles. The van der Waals surface area contributed by atoms with Gasteiger partial charge in [0, 0.05) is 58.6 Å². The van der Waals surface area contributed by atoms with E-state index in [0.29, 0.717) is 26.1 Å². The molecule has 0 aromatic carbocycles. The van der Waals surface area contributed by atoms with Crippen LogP contribution in [0.2, 0.25) is 0 Å². The topological polar surface area (TPSA) is 74.8 Å². The SMILES string of the molecule is COCCNC(=O)C1CC(=O)N(C2CN(Cc3cccnc3)C2)C1. The fourth-order valence-corrected chi connectivity index (χ4v) is 3.30. The summed E-state index contributed by atoms with van der Waals surface area (Å²) in [5.74, 6) is -0.191. The number of rotatable bonds is 7. The summed E-state index contributed by atoms with van der Waals surface area (Å²) in [6.45, 7) is 4.08. The lowest BCUT2D eigenvalue weighted by Gasteiger charge is -2.44. The van der Waals surface area contributed by atoms with Crippen LogP contribution in [0.5, 0.6) is 0 Å². The molecular weight excluding hydrogens is 308 g/mol. The Morgan fingerprint density at radius 3 is 2.96 bits per heavy atom. The molecule has 2 fully saturated rings. The molecular formula is C17H24N4O3. The molecule has 1 aromatic rings. The minimum Gasteiger partial charge on any atom is -0.383 e. The van der Waals surface area contributed by atoms with Gasteiger partial charge in [0.25, 0.3) is 0 Å². The quantitative estimate of drug-likeness (QED) is 0.705. The van der Waals surface area contributed by atoms with E-state index in [1.807, 2.05) is 17.2 Å². The molecule has 0 spiro atoms. The summed E-state index contributed by atoms with van der Waals surface area (Å²) in [5, 5.41) is 2.82. The van der Waals surface area contributed by atoms with Gasteiger partial charge < -0.3 is 15.0 Å². The Balaban J connectivity index is 1.44. The Hall–Kier alpha value is -1.99. The summed E-state index contributed by atoms with van der Waals surface area (Å²) in [6, 6.07) is 4.22. The van der Waals surface area contributed by atoms with Gasteiger partial charge in [-0.3, -0.25) is 19.5 Å². The number of amides is 2. The first kappa shape index (κ1) is 16.9. The second-order valence-corrected chi connectivity index (χ2v) is 6.44. The molecule has 7 heteroatoms. The molecule has 1 unspecified atom stereocenters. The summed E-state index contributed by atoms with van der Waals surface area (Å²) >= 11 is 0. The molecule has 2 amide bonds. The highest BCUT2D eigenvalue weighted by Gasteiger charge is 2.41. The fraction of sp³-hybridized carbons (Fsp3) is 0.588. The Kier molecular flexibility index (Phi) is 5.42. The molecule has 2 aliphatic heterocycles. The highest BCUT2D eigenvalue weighted by Crippen LogP contribution is 2.25. The zero-order valence-electron chi connectivity index (χ0n) is 14.0. The molecule has 2 aliphatic rings. The molecule has 3 rings (SSSR count).